The zero-order valence-electron chi connectivity index (χ0n) is 17.5. The van der Waals surface area contributed by atoms with Gasteiger partial charge in [-0.2, -0.15) is 0 Å². The SMILES string of the molecule is CN(C)CCOc1ccccc1C(=O)NCCN1CCN(c2ccccc2)CC1. The van der Waals surface area contributed by atoms with Crippen LogP contribution in [-0.4, -0.2) is 82.2 Å². The van der Waals surface area contributed by atoms with Crippen molar-refractivity contribution in [2.24, 2.45) is 0 Å². The molecule has 1 fully saturated rings. The highest BCUT2D eigenvalue weighted by molar-refractivity contribution is 5.96. The van der Waals surface area contributed by atoms with Gasteiger partial charge in [-0.05, 0) is 38.4 Å². The Balaban J connectivity index is 1.41. The lowest BCUT2D eigenvalue weighted by Crippen LogP contribution is -2.48. The fourth-order valence-electron chi connectivity index (χ4n) is 3.41. The average Bonchev–Trinajstić information content (AvgIpc) is 2.75. The van der Waals surface area contributed by atoms with Gasteiger partial charge in [-0.1, -0.05) is 30.3 Å². The molecule has 1 heterocycles. The normalized spacial score (nSPS) is 14.8. The third kappa shape index (κ3) is 6.48. The van der Waals surface area contributed by atoms with Crippen molar-refractivity contribution in [1.82, 2.24) is 15.1 Å². The molecule has 3 rings (SSSR count). The van der Waals surface area contributed by atoms with E-state index < -0.39 is 0 Å². The van der Waals surface area contributed by atoms with Gasteiger partial charge in [-0.15, -0.1) is 0 Å². The largest absolute Gasteiger partial charge is 0.491 e. The Labute approximate surface area is 174 Å². The van der Waals surface area contributed by atoms with Gasteiger partial charge in [0.1, 0.15) is 12.4 Å². The first-order valence-electron chi connectivity index (χ1n) is 10.3. The van der Waals surface area contributed by atoms with E-state index in [0.717, 1.165) is 39.3 Å². The minimum atomic E-state index is -0.0756. The van der Waals surface area contributed by atoms with Gasteiger partial charge in [0.2, 0.25) is 0 Å². The highest BCUT2D eigenvalue weighted by Gasteiger charge is 2.17. The maximum atomic E-state index is 12.6. The Morgan fingerprint density at radius 1 is 1.00 bits per heavy atom. The van der Waals surface area contributed by atoms with Crippen LogP contribution in [0.15, 0.2) is 54.6 Å². The van der Waals surface area contributed by atoms with Crippen LogP contribution in [0.1, 0.15) is 10.4 Å². The fraction of sp³-hybridized carbons (Fsp3) is 0.435. The van der Waals surface area contributed by atoms with Crippen LogP contribution in [0, 0.1) is 0 Å². The second-order valence-corrected chi connectivity index (χ2v) is 7.57. The van der Waals surface area contributed by atoms with Crippen LogP contribution in [0.5, 0.6) is 5.75 Å². The molecule has 0 spiro atoms. The molecule has 0 aromatic heterocycles. The molecule has 6 nitrogen and oxygen atoms in total. The minimum Gasteiger partial charge on any atom is -0.491 e. The summed E-state index contributed by atoms with van der Waals surface area (Å²) in [5.41, 5.74) is 1.88. The molecule has 0 aliphatic carbocycles. The van der Waals surface area contributed by atoms with Gasteiger partial charge in [0.15, 0.2) is 0 Å². The van der Waals surface area contributed by atoms with E-state index in [1.54, 1.807) is 0 Å². The van der Waals surface area contributed by atoms with E-state index in [1.807, 2.05) is 44.4 Å². The molecule has 1 N–H and O–H groups in total. The molecule has 1 aliphatic heterocycles. The number of anilines is 1. The second-order valence-electron chi connectivity index (χ2n) is 7.57. The molecule has 0 saturated carbocycles. The van der Waals surface area contributed by atoms with E-state index in [4.69, 9.17) is 4.74 Å². The van der Waals surface area contributed by atoms with Gasteiger partial charge in [-0.3, -0.25) is 9.69 Å². The van der Waals surface area contributed by atoms with Crippen molar-refractivity contribution >= 4 is 11.6 Å². The van der Waals surface area contributed by atoms with Crippen LogP contribution in [-0.2, 0) is 0 Å². The number of hydrogen-bond acceptors (Lipinski definition) is 5. The van der Waals surface area contributed by atoms with E-state index in [-0.39, 0.29) is 5.91 Å². The number of carbonyl (C=O) groups excluding carboxylic acids is 1. The number of amides is 1. The quantitative estimate of drug-likeness (QED) is 0.704. The number of benzene rings is 2. The number of para-hydroxylation sites is 2. The molecule has 2 aromatic rings. The highest BCUT2D eigenvalue weighted by atomic mass is 16.5. The number of likely N-dealkylation sites (N-methyl/N-ethyl adjacent to an activating group) is 1. The van der Waals surface area contributed by atoms with Crippen molar-refractivity contribution in [3.63, 3.8) is 0 Å². The van der Waals surface area contributed by atoms with Gasteiger partial charge < -0.3 is 19.9 Å². The average molecular weight is 397 g/mol. The summed E-state index contributed by atoms with van der Waals surface area (Å²) < 4.78 is 5.80. The Morgan fingerprint density at radius 3 is 2.41 bits per heavy atom. The number of piperazine rings is 1. The summed E-state index contributed by atoms with van der Waals surface area (Å²) in [4.78, 5) is 19.5. The predicted molar refractivity (Wildman–Crippen MR) is 118 cm³/mol. The number of nitrogens with one attached hydrogen (secondary N) is 1. The number of ether oxygens (including phenoxy) is 1. The first kappa shape index (κ1) is 21.1. The first-order chi connectivity index (χ1) is 14.1. The molecule has 2 aromatic carbocycles. The van der Waals surface area contributed by atoms with Crippen LogP contribution in [0.3, 0.4) is 0 Å². The van der Waals surface area contributed by atoms with Crippen LogP contribution < -0.4 is 15.0 Å². The molecule has 29 heavy (non-hydrogen) atoms. The lowest BCUT2D eigenvalue weighted by Gasteiger charge is -2.36. The lowest BCUT2D eigenvalue weighted by molar-refractivity contribution is 0.0943. The summed E-state index contributed by atoms with van der Waals surface area (Å²) in [6.07, 6.45) is 0. The standard InChI is InChI=1S/C23H32N4O2/c1-25(2)18-19-29-22-11-7-6-10-21(22)23(28)24-12-13-26-14-16-27(17-15-26)20-8-4-3-5-9-20/h3-11H,12-19H2,1-2H3,(H,24,28). The molecule has 1 saturated heterocycles. The molecule has 1 aliphatic rings. The highest BCUT2D eigenvalue weighted by Crippen LogP contribution is 2.18. The van der Waals surface area contributed by atoms with Crippen LogP contribution in [0.25, 0.3) is 0 Å². The molecule has 1 amide bonds. The van der Waals surface area contributed by atoms with E-state index in [1.165, 1.54) is 5.69 Å². The summed E-state index contributed by atoms with van der Waals surface area (Å²) in [6, 6.07) is 18.0. The minimum absolute atomic E-state index is 0.0756. The Kier molecular flexibility index (Phi) is 7.90. The van der Waals surface area contributed by atoms with E-state index >= 15 is 0 Å². The molecule has 0 unspecified atom stereocenters. The third-order valence-electron chi connectivity index (χ3n) is 5.13. The van der Waals surface area contributed by atoms with Crippen molar-refractivity contribution in [1.29, 1.82) is 0 Å². The van der Waals surface area contributed by atoms with Gasteiger partial charge in [0, 0.05) is 51.5 Å². The Morgan fingerprint density at radius 2 is 1.69 bits per heavy atom. The van der Waals surface area contributed by atoms with Crippen molar-refractivity contribution in [2.45, 2.75) is 0 Å². The molecular weight excluding hydrogens is 364 g/mol. The Hall–Kier alpha value is -2.57. The smallest absolute Gasteiger partial charge is 0.255 e. The number of hydrogen-bond donors (Lipinski definition) is 1. The van der Waals surface area contributed by atoms with Crippen molar-refractivity contribution in [3.8, 4) is 5.75 Å². The molecule has 0 radical (unpaired) electrons. The topological polar surface area (TPSA) is 48.1 Å². The van der Waals surface area contributed by atoms with Gasteiger partial charge in [0.25, 0.3) is 5.91 Å². The maximum absolute atomic E-state index is 12.6. The van der Waals surface area contributed by atoms with Gasteiger partial charge >= 0.3 is 0 Å². The molecule has 156 valence electrons. The number of rotatable bonds is 9. The first-order valence-corrected chi connectivity index (χ1v) is 10.3. The monoisotopic (exact) mass is 396 g/mol. The maximum Gasteiger partial charge on any atom is 0.255 e. The zero-order chi connectivity index (χ0) is 20.5. The fourth-order valence-corrected chi connectivity index (χ4v) is 3.41. The Bertz CT molecular complexity index is 758. The molecule has 0 atom stereocenters. The van der Waals surface area contributed by atoms with Crippen LogP contribution in [0.4, 0.5) is 5.69 Å². The van der Waals surface area contributed by atoms with Crippen molar-refractivity contribution < 1.29 is 9.53 Å². The van der Waals surface area contributed by atoms with Gasteiger partial charge in [0.05, 0.1) is 5.56 Å². The molecule has 0 bridgehead atoms. The predicted octanol–water partition coefficient (Wildman–Crippen LogP) is 2.18. The van der Waals surface area contributed by atoms with Gasteiger partial charge in [-0.25, -0.2) is 0 Å². The second kappa shape index (κ2) is 10.8. The summed E-state index contributed by atoms with van der Waals surface area (Å²) in [5, 5.41) is 3.04. The zero-order valence-corrected chi connectivity index (χ0v) is 17.5. The summed E-state index contributed by atoms with van der Waals surface area (Å²) in [6.45, 7) is 6.91. The number of carbonyl (C=O) groups is 1. The number of nitrogens with zero attached hydrogens (tertiary/aromatic N) is 3. The molecule has 6 heteroatoms. The summed E-state index contributed by atoms with van der Waals surface area (Å²) in [7, 11) is 4.00. The lowest BCUT2D eigenvalue weighted by atomic mass is 10.2. The van der Waals surface area contributed by atoms with Crippen LogP contribution >= 0.6 is 0 Å². The van der Waals surface area contributed by atoms with Crippen LogP contribution in [0.2, 0.25) is 0 Å². The summed E-state index contributed by atoms with van der Waals surface area (Å²) >= 11 is 0. The van der Waals surface area contributed by atoms with Crippen molar-refractivity contribution in [2.75, 3.05) is 71.4 Å². The van der Waals surface area contributed by atoms with Crippen molar-refractivity contribution in [3.05, 3.63) is 60.2 Å². The van der Waals surface area contributed by atoms with E-state index in [9.17, 15) is 4.79 Å². The van der Waals surface area contributed by atoms with E-state index in [2.05, 4.69) is 44.3 Å². The third-order valence-corrected chi connectivity index (χ3v) is 5.13. The summed E-state index contributed by atoms with van der Waals surface area (Å²) in [5.74, 6) is 0.566. The molecular formula is C23H32N4O2. The van der Waals surface area contributed by atoms with E-state index in [0.29, 0.717) is 24.5 Å².